The van der Waals surface area contributed by atoms with Gasteiger partial charge >= 0.3 is 12.0 Å². The Labute approximate surface area is 138 Å². The van der Waals surface area contributed by atoms with E-state index in [-0.39, 0.29) is 6.54 Å². The van der Waals surface area contributed by atoms with Crippen LogP contribution in [0.1, 0.15) is 11.1 Å². The van der Waals surface area contributed by atoms with Crippen LogP contribution >= 0.6 is 11.6 Å². The summed E-state index contributed by atoms with van der Waals surface area (Å²) in [5.74, 6) is -1.01. The molecule has 0 saturated heterocycles. The average molecular weight is 331 g/mol. The summed E-state index contributed by atoms with van der Waals surface area (Å²) in [6.45, 7) is 0.263. The number of urea groups is 1. The number of nitrogens with zero attached hydrogens (tertiary/aromatic N) is 1. The third-order valence-electron chi connectivity index (χ3n) is 3.87. The number of hydrogen-bond acceptors (Lipinski definition) is 2. The molecule has 6 heteroatoms. The molecule has 2 aromatic rings. The Kier molecular flexibility index (Phi) is 4.21. The van der Waals surface area contributed by atoms with E-state index in [0.717, 1.165) is 11.1 Å². The summed E-state index contributed by atoms with van der Waals surface area (Å²) in [4.78, 5) is 25.4. The summed E-state index contributed by atoms with van der Waals surface area (Å²) in [6.07, 6.45) is 0.300. The average Bonchev–Trinajstić information content (AvgIpc) is 2.53. The Bertz CT molecular complexity index is 763. The van der Waals surface area contributed by atoms with Crippen molar-refractivity contribution in [3.05, 3.63) is 64.7 Å². The molecule has 0 aliphatic carbocycles. The van der Waals surface area contributed by atoms with Gasteiger partial charge in [0.15, 0.2) is 0 Å². The molecule has 1 heterocycles. The number of benzene rings is 2. The van der Waals surface area contributed by atoms with Crippen LogP contribution in [0.2, 0.25) is 5.02 Å². The number of fused-ring (bicyclic) bond motifs is 1. The van der Waals surface area contributed by atoms with E-state index in [2.05, 4.69) is 5.32 Å². The molecule has 23 heavy (non-hydrogen) atoms. The fourth-order valence-corrected chi connectivity index (χ4v) is 2.91. The van der Waals surface area contributed by atoms with E-state index >= 15 is 0 Å². The molecule has 0 saturated carbocycles. The first-order chi connectivity index (χ1) is 11.0. The zero-order valence-corrected chi connectivity index (χ0v) is 13.0. The number of anilines is 1. The summed E-state index contributed by atoms with van der Waals surface area (Å²) >= 11 is 5.90. The highest BCUT2D eigenvalue weighted by Gasteiger charge is 2.34. The normalized spacial score (nSPS) is 16.6. The SMILES string of the molecule is O=C(O)C1Cc2ccccc2CN1C(=O)Nc1cccc(Cl)c1. The zero-order chi connectivity index (χ0) is 16.4. The van der Waals surface area contributed by atoms with Gasteiger partial charge in [0.2, 0.25) is 0 Å². The van der Waals surface area contributed by atoms with Crippen LogP contribution in [0.15, 0.2) is 48.5 Å². The van der Waals surface area contributed by atoms with Crippen LogP contribution in [-0.4, -0.2) is 28.0 Å². The van der Waals surface area contributed by atoms with Crippen molar-refractivity contribution in [2.45, 2.75) is 19.0 Å². The van der Waals surface area contributed by atoms with Gasteiger partial charge in [-0.3, -0.25) is 0 Å². The zero-order valence-electron chi connectivity index (χ0n) is 12.2. The second-order valence-corrected chi connectivity index (χ2v) is 5.83. The quantitative estimate of drug-likeness (QED) is 0.886. The number of nitrogens with one attached hydrogen (secondary N) is 1. The Morgan fingerprint density at radius 2 is 1.87 bits per heavy atom. The van der Waals surface area contributed by atoms with E-state index in [1.165, 1.54) is 4.90 Å². The maximum Gasteiger partial charge on any atom is 0.326 e. The van der Waals surface area contributed by atoms with Gasteiger partial charge in [0.25, 0.3) is 0 Å². The van der Waals surface area contributed by atoms with Crippen molar-refractivity contribution in [2.75, 3.05) is 5.32 Å². The minimum atomic E-state index is -1.01. The number of aliphatic carboxylic acids is 1. The van der Waals surface area contributed by atoms with E-state index in [9.17, 15) is 14.7 Å². The maximum atomic E-state index is 12.5. The van der Waals surface area contributed by atoms with Crippen LogP contribution in [0, 0.1) is 0 Å². The minimum Gasteiger partial charge on any atom is -0.480 e. The molecule has 0 bridgehead atoms. The third kappa shape index (κ3) is 3.29. The molecule has 0 aromatic heterocycles. The van der Waals surface area contributed by atoms with Crippen molar-refractivity contribution in [3.8, 4) is 0 Å². The lowest BCUT2D eigenvalue weighted by atomic mass is 9.94. The summed E-state index contributed by atoms with van der Waals surface area (Å²) in [5, 5.41) is 12.7. The molecule has 2 N–H and O–H groups in total. The topological polar surface area (TPSA) is 69.6 Å². The lowest BCUT2D eigenvalue weighted by Crippen LogP contribution is -2.50. The predicted octanol–water partition coefficient (Wildman–Crippen LogP) is 3.38. The van der Waals surface area contributed by atoms with Crippen molar-refractivity contribution in [1.29, 1.82) is 0 Å². The molecule has 1 unspecified atom stereocenters. The standard InChI is InChI=1S/C17H15ClN2O3/c18-13-6-3-7-14(9-13)19-17(23)20-10-12-5-2-1-4-11(12)8-15(20)16(21)22/h1-7,9,15H,8,10H2,(H,19,23)(H,21,22). The molecule has 3 rings (SSSR count). The number of carboxylic acids is 1. The van der Waals surface area contributed by atoms with Gasteiger partial charge in [0.05, 0.1) is 0 Å². The number of carbonyl (C=O) groups excluding carboxylic acids is 1. The van der Waals surface area contributed by atoms with Crippen LogP contribution in [0.4, 0.5) is 10.5 Å². The van der Waals surface area contributed by atoms with E-state index < -0.39 is 18.0 Å². The van der Waals surface area contributed by atoms with E-state index in [0.29, 0.717) is 17.1 Å². The monoisotopic (exact) mass is 330 g/mol. The largest absolute Gasteiger partial charge is 0.480 e. The number of carbonyl (C=O) groups is 2. The van der Waals surface area contributed by atoms with Crippen molar-refractivity contribution < 1.29 is 14.7 Å². The molecule has 2 amide bonds. The van der Waals surface area contributed by atoms with Crippen LogP contribution in [0.5, 0.6) is 0 Å². The molecule has 0 radical (unpaired) electrons. The van der Waals surface area contributed by atoms with Crippen LogP contribution in [0.3, 0.4) is 0 Å². The lowest BCUT2D eigenvalue weighted by molar-refractivity contribution is -0.142. The van der Waals surface area contributed by atoms with Crippen molar-refractivity contribution in [1.82, 2.24) is 4.90 Å². The van der Waals surface area contributed by atoms with Gasteiger partial charge in [-0.15, -0.1) is 0 Å². The molecule has 1 aliphatic heterocycles. The minimum absolute atomic E-state index is 0.263. The summed E-state index contributed by atoms with van der Waals surface area (Å²) in [5.41, 5.74) is 2.46. The first kappa shape index (κ1) is 15.4. The first-order valence-corrected chi connectivity index (χ1v) is 7.55. The van der Waals surface area contributed by atoms with Gasteiger partial charge in [-0.1, -0.05) is 41.9 Å². The van der Waals surface area contributed by atoms with Gasteiger partial charge < -0.3 is 15.3 Å². The Morgan fingerprint density at radius 1 is 1.13 bits per heavy atom. The Morgan fingerprint density at radius 3 is 2.57 bits per heavy atom. The number of carboxylic acid groups (broad SMARTS) is 1. The van der Waals surface area contributed by atoms with Gasteiger partial charge in [0.1, 0.15) is 6.04 Å². The Balaban J connectivity index is 1.84. The number of rotatable bonds is 2. The second kappa shape index (κ2) is 6.30. The van der Waals surface area contributed by atoms with Gasteiger partial charge in [0, 0.05) is 23.7 Å². The highest BCUT2D eigenvalue weighted by molar-refractivity contribution is 6.30. The number of amides is 2. The van der Waals surface area contributed by atoms with Crippen molar-refractivity contribution in [3.63, 3.8) is 0 Å². The summed E-state index contributed by atoms with van der Waals surface area (Å²) in [6, 6.07) is 13.0. The van der Waals surface area contributed by atoms with E-state index in [4.69, 9.17) is 11.6 Å². The van der Waals surface area contributed by atoms with Gasteiger partial charge in [-0.2, -0.15) is 0 Å². The molecule has 1 aliphatic rings. The lowest BCUT2D eigenvalue weighted by Gasteiger charge is -2.34. The van der Waals surface area contributed by atoms with Crippen molar-refractivity contribution in [2.24, 2.45) is 0 Å². The number of hydrogen-bond donors (Lipinski definition) is 2. The van der Waals surface area contributed by atoms with Crippen LogP contribution < -0.4 is 5.32 Å². The first-order valence-electron chi connectivity index (χ1n) is 7.17. The predicted molar refractivity (Wildman–Crippen MR) is 87.6 cm³/mol. The fraction of sp³-hybridized carbons (Fsp3) is 0.176. The van der Waals surface area contributed by atoms with Crippen LogP contribution in [0.25, 0.3) is 0 Å². The molecule has 5 nitrogen and oxygen atoms in total. The molecular weight excluding hydrogens is 316 g/mol. The summed E-state index contributed by atoms with van der Waals surface area (Å²) in [7, 11) is 0. The molecule has 2 aromatic carbocycles. The highest BCUT2D eigenvalue weighted by Crippen LogP contribution is 2.24. The van der Waals surface area contributed by atoms with E-state index in [1.54, 1.807) is 24.3 Å². The highest BCUT2D eigenvalue weighted by atomic mass is 35.5. The van der Waals surface area contributed by atoms with Crippen LogP contribution in [-0.2, 0) is 17.8 Å². The maximum absolute atomic E-state index is 12.5. The van der Waals surface area contributed by atoms with Gasteiger partial charge in [-0.05, 0) is 29.3 Å². The molecular formula is C17H15ClN2O3. The molecule has 1 atom stereocenters. The van der Waals surface area contributed by atoms with Crippen molar-refractivity contribution >= 4 is 29.3 Å². The third-order valence-corrected chi connectivity index (χ3v) is 4.11. The molecule has 0 spiro atoms. The second-order valence-electron chi connectivity index (χ2n) is 5.40. The molecule has 0 fully saturated rings. The van der Waals surface area contributed by atoms with Gasteiger partial charge in [-0.25, -0.2) is 9.59 Å². The molecule has 118 valence electrons. The smallest absolute Gasteiger partial charge is 0.326 e. The number of halogens is 1. The Hall–Kier alpha value is -2.53. The van der Waals surface area contributed by atoms with E-state index in [1.807, 2.05) is 24.3 Å². The summed E-state index contributed by atoms with van der Waals surface area (Å²) < 4.78 is 0. The fourth-order valence-electron chi connectivity index (χ4n) is 2.72.